The van der Waals surface area contributed by atoms with Crippen molar-refractivity contribution in [2.75, 3.05) is 48.3 Å². The van der Waals surface area contributed by atoms with Crippen LogP contribution < -0.4 is 15.6 Å². The summed E-state index contributed by atoms with van der Waals surface area (Å²) in [7, 11) is 0.469. The summed E-state index contributed by atoms with van der Waals surface area (Å²) in [5, 5.41) is 3.27. The van der Waals surface area contributed by atoms with Crippen LogP contribution in [-0.4, -0.2) is 74.9 Å². The standard InChI is InChI=1S/C14H16O2Si.C12H20O3Si.C6H16O2Si/c1-15-17(16-2,13-9-5-3-6-10-13)14-11-7-4-8-12-14;1-4-13-16(14-5-2,15-6-3)12-10-8-7-9-11-12;1-6(2)5-9(7-3)8-4/h3-12H,1-2H3;7-11H,4-6H2,1-3H3;6,9H,5H2,1-4H3. The maximum absolute atomic E-state index is 5.79. The van der Waals surface area contributed by atoms with E-state index in [0.29, 0.717) is 25.7 Å². The Morgan fingerprint density at radius 2 is 0.881 bits per heavy atom. The topological polar surface area (TPSA) is 64.6 Å². The minimum atomic E-state index is -2.67. The van der Waals surface area contributed by atoms with Crippen LogP contribution in [0.2, 0.25) is 6.04 Å². The third-order valence-corrected chi connectivity index (χ3v) is 15.0. The second kappa shape index (κ2) is 21.7. The largest absolute Gasteiger partial charge is 0.537 e. The SMILES string of the molecule is CCO[Si](OCC)(OCC)c1ccccc1.CO[SiH](CC(C)C)OC.CO[Si](OC)(c1ccccc1)c1ccccc1. The molecule has 0 aliphatic rings. The van der Waals surface area contributed by atoms with E-state index in [1.165, 1.54) is 0 Å². The van der Waals surface area contributed by atoms with E-state index in [4.69, 9.17) is 31.0 Å². The van der Waals surface area contributed by atoms with Gasteiger partial charge in [0.1, 0.15) is 0 Å². The Balaban J connectivity index is 0.000000331. The molecule has 3 aromatic rings. The van der Waals surface area contributed by atoms with Gasteiger partial charge in [0.05, 0.1) is 0 Å². The molecule has 0 radical (unpaired) electrons. The Morgan fingerprint density at radius 3 is 1.12 bits per heavy atom. The zero-order chi connectivity index (χ0) is 31.3. The van der Waals surface area contributed by atoms with Crippen molar-refractivity contribution < 1.29 is 31.0 Å². The summed E-state index contributed by atoms with van der Waals surface area (Å²) in [6.45, 7) is 12.0. The Hall–Kier alpha value is -1.97. The van der Waals surface area contributed by atoms with Crippen molar-refractivity contribution >= 4 is 42.2 Å². The quantitative estimate of drug-likeness (QED) is 0.227. The molecule has 0 bridgehead atoms. The van der Waals surface area contributed by atoms with Crippen LogP contribution in [0.4, 0.5) is 0 Å². The van der Waals surface area contributed by atoms with E-state index in [-0.39, 0.29) is 0 Å². The first-order valence-electron chi connectivity index (χ1n) is 14.6. The Labute approximate surface area is 258 Å². The van der Waals surface area contributed by atoms with E-state index in [9.17, 15) is 0 Å². The molecule has 0 atom stereocenters. The number of hydrogen-bond acceptors (Lipinski definition) is 7. The molecule has 0 amide bonds. The molecule has 234 valence electrons. The van der Waals surface area contributed by atoms with Crippen LogP contribution in [0.1, 0.15) is 34.6 Å². The van der Waals surface area contributed by atoms with Crippen LogP contribution in [-0.2, 0) is 31.0 Å². The zero-order valence-electron chi connectivity index (χ0n) is 27.0. The van der Waals surface area contributed by atoms with Gasteiger partial charge in [-0.1, -0.05) is 105 Å². The molecule has 0 saturated heterocycles. The van der Waals surface area contributed by atoms with E-state index >= 15 is 0 Å². The van der Waals surface area contributed by atoms with Gasteiger partial charge in [-0.2, -0.15) is 0 Å². The van der Waals surface area contributed by atoms with Crippen molar-refractivity contribution in [3.63, 3.8) is 0 Å². The van der Waals surface area contributed by atoms with Gasteiger partial charge in [-0.25, -0.2) is 0 Å². The van der Waals surface area contributed by atoms with Crippen LogP contribution in [0.25, 0.3) is 0 Å². The summed E-state index contributed by atoms with van der Waals surface area (Å²) >= 11 is 0. The Morgan fingerprint density at radius 1 is 0.548 bits per heavy atom. The Bertz CT molecular complexity index is 977. The molecule has 0 aliphatic carbocycles. The molecule has 0 heterocycles. The number of hydrogen-bond donors (Lipinski definition) is 0. The first kappa shape index (κ1) is 38.1. The third kappa shape index (κ3) is 12.0. The summed E-state index contributed by atoms with van der Waals surface area (Å²) in [4.78, 5) is 0. The van der Waals surface area contributed by atoms with Crippen LogP contribution in [0.15, 0.2) is 91.0 Å². The molecule has 3 rings (SSSR count). The van der Waals surface area contributed by atoms with Crippen molar-refractivity contribution in [1.29, 1.82) is 0 Å². The summed E-state index contributed by atoms with van der Waals surface area (Å²) < 4.78 is 39.2. The first-order chi connectivity index (χ1) is 20.3. The van der Waals surface area contributed by atoms with E-state index < -0.39 is 26.6 Å². The van der Waals surface area contributed by atoms with Crippen LogP contribution >= 0.6 is 0 Å². The highest BCUT2D eigenvalue weighted by molar-refractivity contribution is 6.92. The molecule has 0 aromatic heterocycles. The second-order valence-corrected chi connectivity index (χ2v) is 17.5. The summed E-state index contributed by atoms with van der Waals surface area (Å²) in [6.07, 6.45) is 0. The normalized spacial score (nSPS) is 11.5. The van der Waals surface area contributed by atoms with Crippen LogP contribution in [0.5, 0.6) is 0 Å². The van der Waals surface area contributed by atoms with Gasteiger partial charge in [-0.3, -0.25) is 0 Å². The molecular formula is C32H52O7Si3. The van der Waals surface area contributed by atoms with Gasteiger partial charge in [0, 0.05) is 53.4 Å². The highest BCUT2D eigenvalue weighted by Crippen LogP contribution is 2.11. The lowest BCUT2D eigenvalue weighted by molar-refractivity contribution is 0.0859. The van der Waals surface area contributed by atoms with E-state index in [2.05, 4.69) is 38.1 Å². The van der Waals surface area contributed by atoms with Gasteiger partial charge < -0.3 is 31.0 Å². The van der Waals surface area contributed by atoms with Gasteiger partial charge in [-0.05, 0) is 43.1 Å². The molecule has 0 aliphatic heterocycles. The molecule has 0 fully saturated rings. The molecule has 0 N–H and O–H groups in total. The fourth-order valence-electron chi connectivity index (χ4n) is 4.30. The van der Waals surface area contributed by atoms with Crippen molar-refractivity contribution in [2.45, 2.75) is 40.7 Å². The monoisotopic (exact) mass is 632 g/mol. The molecule has 42 heavy (non-hydrogen) atoms. The molecule has 0 saturated carbocycles. The zero-order valence-corrected chi connectivity index (χ0v) is 30.2. The first-order valence-corrected chi connectivity index (χ1v) is 19.9. The second-order valence-electron chi connectivity index (χ2n) is 9.51. The predicted molar refractivity (Wildman–Crippen MR) is 179 cm³/mol. The molecule has 7 nitrogen and oxygen atoms in total. The lowest BCUT2D eigenvalue weighted by Crippen LogP contribution is -2.62. The number of benzene rings is 3. The average molecular weight is 633 g/mol. The van der Waals surface area contributed by atoms with Crippen LogP contribution in [0, 0.1) is 5.92 Å². The fraction of sp³-hybridized carbons (Fsp3) is 0.438. The third-order valence-electron chi connectivity index (χ3n) is 6.20. The maximum atomic E-state index is 5.79. The van der Waals surface area contributed by atoms with Crippen molar-refractivity contribution in [3.05, 3.63) is 91.0 Å². The summed E-state index contributed by atoms with van der Waals surface area (Å²) in [5.41, 5.74) is 0. The molecule has 3 aromatic carbocycles. The van der Waals surface area contributed by atoms with Gasteiger partial charge in [0.25, 0.3) is 0 Å². The fourth-order valence-corrected chi connectivity index (χ4v) is 10.8. The highest BCUT2D eigenvalue weighted by atomic mass is 28.4. The van der Waals surface area contributed by atoms with Crippen molar-refractivity contribution in [2.24, 2.45) is 5.92 Å². The minimum absolute atomic E-state index is 0.598. The van der Waals surface area contributed by atoms with E-state index in [1.807, 2.05) is 87.5 Å². The van der Waals surface area contributed by atoms with Crippen LogP contribution in [0.3, 0.4) is 0 Å². The average Bonchev–Trinajstić information content (AvgIpc) is 3.03. The molecule has 0 spiro atoms. The van der Waals surface area contributed by atoms with Crippen molar-refractivity contribution in [3.8, 4) is 0 Å². The van der Waals surface area contributed by atoms with E-state index in [1.54, 1.807) is 28.4 Å². The smallest absolute Gasteiger partial charge is 0.400 e. The molecular weight excluding hydrogens is 581 g/mol. The van der Waals surface area contributed by atoms with E-state index in [0.717, 1.165) is 21.6 Å². The van der Waals surface area contributed by atoms with Crippen molar-refractivity contribution in [1.82, 2.24) is 0 Å². The lowest BCUT2D eigenvalue weighted by Gasteiger charge is -2.28. The van der Waals surface area contributed by atoms with Gasteiger partial charge >= 0.3 is 26.6 Å². The van der Waals surface area contributed by atoms with Gasteiger partial charge in [-0.15, -0.1) is 0 Å². The minimum Gasteiger partial charge on any atom is -0.400 e. The lowest BCUT2D eigenvalue weighted by atomic mass is 10.3. The van der Waals surface area contributed by atoms with Gasteiger partial charge in [0.2, 0.25) is 0 Å². The highest BCUT2D eigenvalue weighted by Gasteiger charge is 2.43. The summed E-state index contributed by atoms with van der Waals surface area (Å²) in [5.74, 6) is 0.696. The molecule has 10 heteroatoms. The Kier molecular flexibility index (Phi) is 19.6. The number of rotatable bonds is 15. The molecule has 0 unspecified atom stereocenters. The summed E-state index contributed by atoms with van der Waals surface area (Å²) in [6, 6.07) is 31.4. The van der Waals surface area contributed by atoms with Gasteiger partial charge in [0.15, 0.2) is 0 Å². The predicted octanol–water partition coefficient (Wildman–Crippen LogP) is 4.63. The maximum Gasteiger partial charge on any atom is 0.537 e.